The minimum absolute atomic E-state index is 0.423. The van der Waals surface area contributed by atoms with Crippen LogP contribution in [0.4, 0.5) is 0 Å². The summed E-state index contributed by atoms with van der Waals surface area (Å²) in [5.41, 5.74) is 8.35. The molecular weight excluding hydrogens is 300 g/mol. The normalized spacial score (nSPS) is 26.7. The molecule has 0 saturated heterocycles. The zero-order chi connectivity index (χ0) is 16.5. The molecule has 4 heteroatoms. The van der Waals surface area contributed by atoms with Crippen molar-refractivity contribution in [1.82, 2.24) is 4.98 Å². The molecule has 1 aliphatic carbocycles. The average molecular weight is 326 g/mol. The van der Waals surface area contributed by atoms with E-state index in [0.717, 1.165) is 36.0 Å². The number of rotatable bonds is 3. The van der Waals surface area contributed by atoms with E-state index in [0.29, 0.717) is 12.0 Å². The van der Waals surface area contributed by atoms with Crippen LogP contribution in [0.3, 0.4) is 0 Å². The molecule has 0 bridgehead atoms. The molecule has 128 valence electrons. The summed E-state index contributed by atoms with van der Waals surface area (Å²) in [5, 5.41) is 1.17. The lowest BCUT2D eigenvalue weighted by molar-refractivity contribution is 0.178. The van der Waals surface area contributed by atoms with Gasteiger partial charge >= 0.3 is 0 Å². The number of methoxy groups -OCH3 is 1. The monoisotopic (exact) mass is 326 g/mol. The fourth-order valence-corrected chi connectivity index (χ4v) is 4.27. The van der Waals surface area contributed by atoms with Gasteiger partial charge in [-0.3, -0.25) is 4.98 Å². The second-order valence-corrected chi connectivity index (χ2v) is 7.38. The van der Waals surface area contributed by atoms with Crippen LogP contribution in [0.15, 0.2) is 24.4 Å². The predicted molar refractivity (Wildman–Crippen MR) is 95.5 cm³/mol. The van der Waals surface area contributed by atoms with Crippen LogP contribution in [0.5, 0.6) is 11.5 Å². The molecule has 1 fully saturated rings. The summed E-state index contributed by atoms with van der Waals surface area (Å²) < 4.78 is 11.4. The van der Waals surface area contributed by atoms with E-state index in [1.165, 1.54) is 43.1 Å². The minimum atomic E-state index is 0.423. The summed E-state index contributed by atoms with van der Waals surface area (Å²) in [6, 6.07) is 6.51. The van der Waals surface area contributed by atoms with Gasteiger partial charge < -0.3 is 15.2 Å². The molecule has 1 atom stereocenters. The second kappa shape index (κ2) is 6.60. The van der Waals surface area contributed by atoms with E-state index < -0.39 is 0 Å². The number of pyridine rings is 1. The third-order valence-electron chi connectivity index (χ3n) is 5.67. The van der Waals surface area contributed by atoms with E-state index in [1.54, 1.807) is 7.11 Å². The van der Waals surface area contributed by atoms with E-state index >= 15 is 0 Å². The van der Waals surface area contributed by atoms with Gasteiger partial charge in [0, 0.05) is 17.0 Å². The number of aromatic nitrogens is 1. The molecule has 1 aliphatic heterocycles. The molecule has 0 amide bonds. The van der Waals surface area contributed by atoms with Gasteiger partial charge in [-0.15, -0.1) is 0 Å². The maximum Gasteiger partial charge on any atom is 0.141 e. The second-order valence-electron chi connectivity index (χ2n) is 7.38. The van der Waals surface area contributed by atoms with Gasteiger partial charge in [0.2, 0.25) is 0 Å². The van der Waals surface area contributed by atoms with Crippen LogP contribution in [0, 0.1) is 11.8 Å². The number of nitrogens with zero attached hydrogens (tertiary/aromatic N) is 1. The Kier molecular flexibility index (Phi) is 4.31. The van der Waals surface area contributed by atoms with Crippen LogP contribution < -0.4 is 15.2 Å². The summed E-state index contributed by atoms with van der Waals surface area (Å²) in [6.07, 6.45) is 9.10. The van der Waals surface area contributed by atoms with Crippen molar-refractivity contribution in [3.8, 4) is 11.5 Å². The zero-order valence-electron chi connectivity index (χ0n) is 14.3. The number of hydrogen-bond acceptors (Lipinski definition) is 4. The Labute approximate surface area is 143 Å². The molecule has 24 heavy (non-hydrogen) atoms. The van der Waals surface area contributed by atoms with Crippen molar-refractivity contribution in [2.24, 2.45) is 17.6 Å². The van der Waals surface area contributed by atoms with Gasteiger partial charge in [0.1, 0.15) is 11.5 Å². The molecule has 2 N–H and O–H groups in total. The van der Waals surface area contributed by atoms with Gasteiger partial charge in [-0.2, -0.15) is 0 Å². The van der Waals surface area contributed by atoms with Gasteiger partial charge in [-0.1, -0.05) is 0 Å². The Hall–Kier alpha value is -1.81. The van der Waals surface area contributed by atoms with Gasteiger partial charge in [0.05, 0.1) is 25.4 Å². The van der Waals surface area contributed by atoms with E-state index in [4.69, 9.17) is 15.2 Å². The quantitative estimate of drug-likeness (QED) is 0.934. The molecule has 1 unspecified atom stereocenters. The van der Waals surface area contributed by atoms with Crippen molar-refractivity contribution in [3.63, 3.8) is 0 Å². The standard InChI is InChI=1S/C20H26N2O2/c1-23-16-6-7-19-17(10-16)18-9-14(12-24-20(18)11-22-19)8-13-2-4-15(21)5-3-13/h6-7,10-11,13-15H,2-5,8-9,12,21H2,1H3. The Morgan fingerprint density at radius 3 is 2.83 bits per heavy atom. The topological polar surface area (TPSA) is 57.4 Å². The van der Waals surface area contributed by atoms with Gasteiger partial charge in [-0.25, -0.2) is 0 Å². The van der Waals surface area contributed by atoms with Crippen LogP contribution in [0.25, 0.3) is 10.9 Å². The summed E-state index contributed by atoms with van der Waals surface area (Å²) in [7, 11) is 1.71. The lowest BCUT2D eigenvalue weighted by Gasteiger charge is -2.32. The molecular formula is C20H26N2O2. The highest BCUT2D eigenvalue weighted by Crippen LogP contribution is 2.37. The third-order valence-corrected chi connectivity index (χ3v) is 5.67. The first-order valence-electron chi connectivity index (χ1n) is 9.07. The molecule has 2 aromatic rings. The van der Waals surface area contributed by atoms with E-state index in [2.05, 4.69) is 11.1 Å². The molecule has 4 rings (SSSR count). The molecule has 0 spiro atoms. The van der Waals surface area contributed by atoms with Crippen LogP contribution in [-0.2, 0) is 6.42 Å². The third kappa shape index (κ3) is 3.07. The smallest absolute Gasteiger partial charge is 0.141 e. The van der Waals surface area contributed by atoms with Crippen LogP contribution >= 0.6 is 0 Å². The first-order chi connectivity index (χ1) is 11.7. The predicted octanol–water partition coefficient (Wildman–Crippen LogP) is 3.70. The summed E-state index contributed by atoms with van der Waals surface area (Å²) in [4.78, 5) is 4.52. The summed E-state index contributed by atoms with van der Waals surface area (Å²) in [5.74, 6) is 3.22. The highest BCUT2D eigenvalue weighted by Gasteiger charge is 2.27. The molecule has 1 aromatic carbocycles. The maximum absolute atomic E-state index is 6.05. The summed E-state index contributed by atoms with van der Waals surface area (Å²) in [6.45, 7) is 0.812. The Balaban J connectivity index is 1.55. The van der Waals surface area contributed by atoms with E-state index in [1.807, 2.05) is 18.3 Å². The van der Waals surface area contributed by atoms with Crippen LogP contribution in [0.2, 0.25) is 0 Å². The van der Waals surface area contributed by atoms with Crippen molar-refractivity contribution in [2.45, 2.75) is 44.6 Å². The highest BCUT2D eigenvalue weighted by molar-refractivity contribution is 5.85. The fourth-order valence-electron chi connectivity index (χ4n) is 4.27. The van der Waals surface area contributed by atoms with Crippen LogP contribution in [-0.4, -0.2) is 24.7 Å². The Morgan fingerprint density at radius 2 is 2.04 bits per heavy atom. The Bertz CT molecular complexity index is 718. The fraction of sp³-hybridized carbons (Fsp3) is 0.550. The minimum Gasteiger partial charge on any atom is -0.497 e. The number of nitrogens with two attached hydrogens (primary N) is 1. The Morgan fingerprint density at radius 1 is 1.21 bits per heavy atom. The lowest BCUT2D eigenvalue weighted by atomic mass is 9.79. The molecule has 4 nitrogen and oxygen atoms in total. The van der Waals surface area contributed by atoms with Crippen molar-refractivity contribution in [3.05, 3.63) is 30.0 Å². The zero-order valence-corrected chi connectivity index (χ0v) is 14.3. The molecule has 2 heterocycles. The van der Waals surface area contributed by atoms with Gasteiger partial charge in [-0.05, 0) is 68.6 Å². The maximum atomic E-state index is 6.05. The van der Waals surface area contributed by atoms with Crippen molar-refractivity contribution < 1.29 is 9.47 Å². The first-order valence-corrected chi connectivity index (χ1v) is 9.07. The SMILES string of the molecule is COc1ccc2ncc3c(c2c1)CC(CC1CCC(N)CC1)CO3. The number of fused-ring (bicyclic) bond motifs is 3. The molecule has 2 aliphatic rings. The number of ether oxygens (including phenoxy) is 2. The molecule has 1 saturated carbocycles. The molecule has 1 aromatic heterocycles. The molecule has 0 radical (unpaired) electrons. The van der Waals surface area contributed by atoms with E-state index in [-0.39, 0.29) is 0 Å². The van der Waals surface area contributed by atoms with Gasteiger partial charge in [0.15, 0.2) is 0 Å². The number of benzene rings is 1. The van der Waals surface area contributed by atoms with Crippen molar-refractivity contribution in [2.75, 3.05) is 13.7 Å². The largest absolute Gasteiger partial charge is 0.497 e. The lowest BCUT2D eigenvalue weighted by Crippen LogP contribution is -2.29. The van der Waals surface area contributed by atoms with Crippen LogP contribution in [0.1, 0.15) is 37.7 Å². The summed E-state index contributed by atoms with van der Waals surface area (Å²) >= 11 is 0. The highest BCUT2D eigenvalue weighted by atomic mass is 16.5. The van der Waals surface area contributed by atoms with Crippen molar-refractivity contribution in [1.29, 1.82) is 0 Å². The van der Waals surface area contributed by atoms with Gasteiger partial charge in [0.25, 0.3) is 0 Å². The van der Waals surface area contributed by atoms with Crippen molar-refractivity contribution >= 4 is 10.9 Å². The van der Waals surface area contributed by atoms with E-state index in [9.17, 15) is 0 Å². The first kappa shape index (κ1) is 15.7. The average Bonchev–Trinajstić information content (AvgIpc) is 2.63. The number of hydrogen-bond donors (Lipinski definition) is 1.